The van der Waals surface area contributed by atoms with Crippen LogP contribution >= 0.6 is 0 Å². The van der Waals surface area contributed by atoms with Gasteiger partial charge in [0, 0.05) is 30.1 Å². The minimum absolute atomic E-state index is 0.0339. The van der Waals surface area contributed by atoms with E-state index in [2.05, 4.69) is 13.8 Å². The van der Waals surface area contributed by atoms with Gasteiger partial charge in [0.1, 0.15) is 97.3 Å². The van der Waals surface area contributed by atoms with Crippen molar-refractivity contribution in [1.29, 1.82) is 0 Å². The number of aliphatic hydroxyl groups is 14. The van der Waals surface area contributed by atoms with Crippen LogP contribution in [0.4, 0.5) is 0 Å². The zero-order valence-corrected chi connectivity index (χ0v) is 43.3. The SMILES string of the molecule is C[C@H](CC[C@@]1(O)O[C@H]2C[C@H]3[C@@H]4CC[C@H]5C[C@@H](O[C@@H]6O[C@H](CO)[C@H](O[C@H]7O[C@@H](CO)[C@H](O)[C@@H](O)[C@@H]7O)[C@H](O)[C@H]6O[C@@H]6O[C@@H](C)[C@H](O)[C@@H](O)[C@H]6O)CC[C@]5(C)[C@H]4CC(=O)[C@]3(C)[C@H]2[C@@H]1C)CO[C@H]1O[C@H](CO)[C@@H](O)[C@H](O)[C@H]1O. The van der Waals surface area contributed by atoms with Crippen LogP contribution < -0.4 is 0 Å². The maximum Gasteiger partial charge on any atom is 0.187 e. The number of fused-ring (bicyclic) bond motifs is 7. The Labute approximate surface area is 435 Å². The normalized spacial score (nSPS) is 55.4. The van der Waals surface area contributed by atoms with Crippen molar-refractivity contribution in [3.8, 4) is 0 Å². The lowest BCUT2D eigenvalue weighted by Crippen LogP contribution is -2.67. The van der Waals surface area contributed by atoms with Crippen molar-refractivity contribution in [2.24, 2.45) is 52.3 Å². The number of hydrogen-bond acceptors (Lipinski definition) is 24. The van der Waals surface area contributed by atoms with E-state index in [0.717, 1.165) is 12.8 Å². The number of ketones is 1. The molecular weight excluding hydrogens is 997 g/mol. The van der Waals surface area contributed by atoms with E-state index in [-0.39, 0.29) is 71.8 Å². The number of Topliss-reactive ketones (excluding diaryl/α,β-unsaturated/α-hetero) is 1. The number of hydrogen-bond donors (Lipinski definition) is 14. The summed E-state index contributed by atoms with van der Waals surface area (Å²) in [5.41, 5.74) is -0.979. The van der Waals surface area contributed by atoms with Crippen molar-refractivity contribution in [3.63, 3.8) is 0 Å². The molecule has 0 bridgehead atoms. The molecule has 75 heavy (non-hydrogen) atoms. The van der Waals surface area contributed by atoms with Crippen molar-refractivity contribution >= 4 is 5.78 Å². The monoisotopic (exact) mass is 1080 g/mol. The fourth-order valence-electron chi connectivity index (χ4n) is 15.3. The first-order valence-corrected chi connectivity index (χ1v) is 27.2. The van der Waals surface area contributed by atoms with E-state index in [1.807, 2.05) is 13.8 Å². The molecule has 32 atom stereocenters. The van der Waals surface area contributed by atoms with E-state index < -0.39 is 160 Å². The van der Waals surface area contributed by atoms with Crippen LogP contribution in [0, 0.1) is 52.3 Å². The van der Waals surface area contributed by atoms with Crippen LogP contribution in [0.2, 0.25) is 0 Å². The van der Waals surface area contributed by atoms with Gasteiger partial charge in [0.25, 0.3) is 0 Å². The molecule has 432 valence electrons. The van der Waals surface area contributed by atoms with Gasteiger partial charge in [-0.25, -0.2) is 0 Å². The van der Waals surface area contributed by atoms with Crippen LogP contribution in [0.15, 0.2) is 0 Å². The molecule has 0 amide bonds. The van der Waals surface area contributed by atoms with Crippen molar-refractivity contribution in [2.75, 3.05) is 26.4 Å². The highest BCUT2D eigenvalue weighted by Gasteiger charge is 2.71. The summed E-state index contributed by atoms with van der Waals surface area (Å²) in [5.74, 6) is -1.63. The Kier molecular flexibility index (Phi) is 17.6. The second-order valence-electron chi connectivity index (χ2n) is 24.1. The number of aliphatic hydroxyl groups excluding tert-OH is 13. The highest BCUT2D eigenvalue weighted by atomic mass is 16.8. The van der Waals surface area contributed by atoms with Gasteiger partial charge in [0.15, 0.2) is 30.9 Å². The topological polar surface area (TPSA) is 383 Å². The van der Waals surface area contributed by atoms with Crippen molar-refractivity contribution in [1.82, 2.24) is 0 Å². The van der Waals surface area contributed by atoms with Crippen molar-refractivity contribution < 1.29 is 119 Å². The summed E-state index contributed by atoms with van der Waals surface area (Å²) in [4.78, 5) is 14.9. The van der Waals surface area contributed by atoms with Gasteiger partial charge in [-0.1, -0.05) is 27.7 Å². The molecule has 14 N–H and O–H groups in total. The summed E-state index contributed by atoms with van der Waals surface area (Å²) in [6, 6.07) is 0. The van der Waals surface area contributed by atoms with E-state index >= 15 is 0 Å². The molecule has 4 saturated carbocycles. The zero-order valence-electron chi connectivity index (χ0n) is 43.3. The predicted octanol–water partition coefficient (Wildman–Crippen LogP) is -3.75. The maximum absolute atomic E-state index is 14.9. The third-order valence-corrected chi connectivity index (χ3v) is 19.9. The first-order valence-electron chi connectivity index (χ1n) is 27.2. The van der Waals surface area contributed by atoms with Crippen LogP contribution in [0.25, 0.3) is 0 Å². The second kappa shape index (κ2) is 22.6. The molecule has 9 fully saturated rings. The van der Waals surface area contributed by atoms with E-state index in [4.69, 9.17) is 42.6 Å². The molecular formula is C51H84O24. The minimum atomic E-state index is -1.87. The lowest BCUT2D eigenvalue weighted by molar-refractivity contribution is -0.390. The summed E-state index contributed by atoms with van der Waals surface area (Å²) in [5, 5.41) is 148. The molecule has 0 unspecified atom stereocenters. The smallest absolute Gasteiger partial charge is 0.187 e. The fourth-order valence-corrected chi connectivity index (χ4v) is 15.3. The van der Waals surface area contributed by atoms with Gasteiger partial charge in [-0.05, 0) is 86.9 Å². The Morgan fingerprint density at radius 3 is 1.84 bits per heavy atom. The first-order chi connectivity index (χ1) is 35.4. The standard InChI is InChI=1S/C51H84O24/c1-19(18-67-45-39(62)37(60)34(57)28(15-52)70-45)8-11-51(66)20(2)32-27(75-51)13-26-24-7-6-22-12-23(9-10-49(22,4)25(24)14-31(55)50(26,32)5)69-48-44(74-46-40(63)36(59)33(56)21(3)68-46)42(65)43(30(17-54)72-48)73-47-41(64)38(61)35(58)29(16-53)71-47/h19-30,32-48,52-54,56-66H,6-18H2,1-5H3/t19-,20+,21+,22+,23+,24-,25+,26+,27+,28-,29+,30-,32+,33+,34-,35+,36-,37+,38-,39-,40-,41+,42+,43+,44-,45+,46+,47-,48-,49+,50-,51-/m1/s1. The third kappa shape index (κ3) is 10.3. The van der Waals surface area contributed by atoms with Crippen LogP contribution in [0.3, 0.4) is 0 Å². The van der Waals surface area contributed by atoms with Crippen molar-refractivity contribution in [3.05, 3.63) is 0 Å². The lowest BCUT2D eigenvalue weighted by Gasteiger charge is -2.60. The van der Waals surface area contributed by atoms with Gasteiger partial charge in [-0.3, -0.25) is 4.79 Å². The molecule has 5 saturated heterocycles. The molecule has 0 spiro atoms. The molecule has 5 aliphatic heterocycles. The first kappa shape index (κ1) is 58.4. The largest absolute Gasteiger partial charge is 0.394 e. The quantitative estimate of drug-likeness (QED) is 0.0701. The van der Waals surface area contributed by atoms with Gasteiger partial charge >= 0.3 is 0 Å². The van der Waals surface area contributed by atoms with Gasteiger partial charge in [0.2, 0.25) is 0 Å². The maximum atomic E-state index is 14.9. The molecule has 5 heterocycles. The Balaban J connectivity index is 0.847. The molecule has 24 heteroatoms. The molecule has 0 aromatic rings. The van der Waals surface area contributed by atoms with Crippen LogP contribution in [0.5, 0.6) is 0 Å². The number of ether oxygens (including phenoxy) is 9. The second-order valence-corrected chi connectivity index (χ2v) is 24.1. The molecule has 0 aromatic heterocycles. The Morgan fingerprint density at radius 2 is 1.20 bits per heavy atom. The highest BCUT2D eigenvalue weighted by molar-refractivity contribution is 5.87. The molecule has 24 nitrogen and oxygen atoms in total. The van der Waals surface area contributed by atoms with E-state index in [9.17, 15) is 76.3 Å². The Morgan fingerprint density at radius 1 is 0.627 bits per heavy atom. The number of carbonyl (C=O) groups excluding carboxylic acids is 1. The van der Waals surface area contributed by atoms with Gasteiger partial charge in [-0.2, -0.15) is 0 Å². The van der Waals surface area contributed by atoms with Crippen LogP contribution in [-0.2, 0) is 47.4 Å². The number of carbonyl (C=O) groups is 1. The molecule has 9 rings (SSSR count). The average molecular weight is 1080 g/mol. The van der Waals surface area contributed by atoms with Gasteiger partial charge < -0.3 is 114 Å². The van der Waals surface area contributed by atoms with Crippen LogP contribution in [-0.4, -0.2) is 245 Å². The van der Waals surface area contributed by atoms with Crippen LogP contribution in [0.1, 0.15) is 92.4 Å². The van der Waals surface area contributed by atoms with Gasteiger partial charge in [-0.15, -0.1) is 0 Å². The molecule has 4 aliphatic carbocycles. The zero-order chi connectivity index (χ0) is 54.4. The highest BCUT2D eigenvalue weighted by Crippen LogP contribution is 2.70. The third-order valence-electron chi connectivity index (χ3n) is 19.9. The van der Waals surface area contributed by atoms with E-state index in [1.165, 1.54) is 6.92 Å². The Bertz CT molecular complexity index is 1940. The minimum Gasteiger partial charge on any atom is -0.394 e. The van der Waals surface area contributed by atoms with Gasteiger partial charge in [0.05, 0.1) is 44.7 Å². The summed E-state index contributed by atoms with van der Waals surface area (Å²) in [6.07, 6.45) is -26.5. The molecule has 9 aliphatic rings. The fraction of sp³-hybridized carbons (Fsp3) is 0.980. The Hall–Kier alpha value is -1.25. The van der Waals surface area contributed by atoms with E-state index in [1.54, 1.807) is 0 Å². The van der Waals surface area contributed by atoms with Crippen molar-refractivity contribution in [2.45, 2.75) is 233 Å². The predicted molar refractivity (Wildman–Crippen MR) is 251 cm³/mol. The lowest BCUT2D eigenvalue weighted by atomic mass is 9.44. The summed E-state index contributed by atoms with van der Waals surface area (Å²) in [7, 11) is 0. The summed E-state index contributed by atoms with van der Waals surface area (Å²) in [6.45, 7) is 7.66. The van der Waals surface area contributed by atoms with E-state index in [0.29, 0.717) is 38.5 Å². The summed E-state index contributed by atoms with van der Waals surface area (Å²) < 4.78 is 54.2. The summed E-state index contributed by atoms with van der Waals surface area (Å²) >= 11 is 0. The molecule has 0 aromatic carbocycles. The number of rotatable bonds is 15. The average Bonchev–Trinajstić information content (AvgIpc) is 3.83. The molecule has 0 radical (unpaired) electrons.